The lowest BCUT2D eigenvalue weighted by atomic mass is 9.94. The second kappa shape index (κ2) is 7.81. The molecule has 0 saturated carbocycles. The average molecular weight is 350 g/mol. The first-order valence-electron chi connectivity index (χ1n) is 8.40. The van der Waals surface area contributed by atoms with Crippen LogP contribution in [0.1, 0.15) is 16.7 Å². The number of carbonyl (C=O) groups excluding carboxylic acids is 2. The summed E-state index contributed by atoms with van der Waals surface area (Å²) in [6, 6.07) is 16.4. The lowest BCUT2D eigenvalue weighted by molar-refractivity contribution is -0.924. The van der Waals surface area contributed by atoms with Gasteiger partial charge in [-0.3, -0.25) is 4.79 Å². The van der Waals surface area contributed by atoms with E-state index in [1.54, 1.807) is 24.3 Å². The standard InChI is InChI=1S/C20H19N3O3/c1-26-20(25)18-10-14-6-2-3-8-16(14)12-23(18)13-19(24)22-17-9-5-4-7-15(17)11-21/h2-9,18H,10,12-13H2,1H3,(H,22,24)/p+1/t18-/m0/s1. The van der Waals surface area contributed by atoms with Crippen LogP contribution < -0.4 is 10.2 Å². The summed E-state index contributed by atoms with van der Waals surface area (Å²) in [6.45, 7) is 0.692. The van der Waals surface area contributed by atoms with Gasteiger partial charge in [-0.25, -0.2) is 4.79 Å². The van der Waals surface area contributed by atoms with Crippen molar-refractivity contribution in [3.05, 3.63) is 65.2 Å². The number of carbonyl (C=O) groups is 2. The van der Waals surface area contributed by atoms with Gasteiger partial charge in [0.2, 0.25) is 0 Å². The first-order valence-corrected chi connectivity index (χ1v) is 8.40. The first kappa shape index (κ1) is 17.6. The monoisotopic (exact) mass is 350 g/mol. The first-order chi connectivity index (χ1) is 12.6. The summed E-state index contributed by atoms with van der Waals surface area (Å²) in [7, 11) is 1.36. The zero-order valence-electron chi connectivity index (χ0n) is 14.5. The maximum absolute atomic E-state index is 12.5. The molecule has 0 spiro atoms. The van der Waals surface area contributed by atoms with E-state index in [0.717, 1.165) is 16.0 Å². The molecule has 3 rings (SSSR count). The molecule has 2 atom stereocenters. The van der Waals surface area contributed by atoms with Crippen molar-refractivity contribution in [3.8, 4) is 6.07 Å². The molecule has 0 radical (unpaired) electrons. The summed E-state index contributed by atoms with van der Waals surface area (Å²) < 4.78 is 4.94. The minimum absolute atomic E-state index is 0.119. The van der Waals surface area contributed by atoms with Gasteiger partial charge in [-0.1, -0.05) is 36.4 Å². The van der Waals surface area contributed by atoms with Crippen LogP contribution in [0.3, 0.4) is 0 Å². The summed E-state index contributed by atoms with van der Waals surface area (Å²) in [5.74, 6) is -0.560. The fourth-order valence-electron chi connectivity index (χ4n) is 3.33. The number of nitriles is 1. The Morgan fingerprint density at radius 3 is 2.62 bits per heavy atom. The molecule has 0 bridgehead atoms. The van der Waals surface area contributed by atoms with Crippen molar-refractivity contribution < 1.29 is 19.2 Å². The second-order valence-corrected chi connectivity index (χ2v) is 6.27. The maximum atomic E-state index is 12.5. The molecular formula is C20H20N3O3+. The Hall–Kier alpha value is -3.17. The van der Waals surface area contributed by atoms with Gasteiger partial charge in [-0.05, 0) is 17.7 Å². The molecule has 0 aromatic heterocycles. The Labute approximate surface area is 152 Å². The van der Waals surface area contributed by atoms with Gasteiger partial charge in [0.1, 0.15) is 12.6 Å². The normalized spacial score (nSPS) is 18.3. The molecule has 2 aromatic carbocycles. The van der Waals surface area contributed by atoms with Gasteiger partial charge in [0.15, 0.2) is 12.6 Å². The minimum Gasteiger partial charge on any atom is -0.465 e. The van der Waals surface area contributed by atoms with E-state index in [1.165, 1.54) is 7.11 Å². The van der Waals surface area contributed by atoms with Crippen LogP contribution >= 0.6 is 0 Å². The van der Waals surface area contributed by atoms with Crippen molar-refractivity contribution >= 4 is 17.6 Å². The molecular weight excluding hydrogens is 330 g/mol. The van der Waals surface area contributed by atoms with Gasteiger partial charge >= 0.3 is 5.97 Å². The lowest BCUT2D eigenvalue weighted by Crippen LogP contribution is -3.17. The number of nitrogens with zero attached hydrogens (tertiary/aromatic N) is 1. The number of hydrogen-bond donors (Lipinski definition) is 2. The van der Waals surface area contributed by atoms with Crippen molar-refractivity contribution in [1.29, 1.82) is 5.26 Å². The molecule has 132 valence electrons. The summed E-state index contributed by atoms with van der Waals surface area (Å²) in [4.78, 5) is 25.6. The van der Waals surface area contributed by atoms with Gasteiger partial charge in [-0.2, -0.15) is 5.26 Å². The molecule has 1 amide bonds. The Morgan fingerprint density at radius 2 is 1.88 bits per heavy atom. The Morgan fingerprint density at radius 1 is 1.19 bits per heavy atom. The van der Waals surface area contributed by atoms with Crippen molar-refractivity contribution in [2.45, 2.75) is 19.0 Å². The maximum Gasteiger partial charge on any atom is 0.365 e. The van der Waals surface area contributed by atoms with E-state index in [9.17, 15) is 9.59 Å². The zero-order valence-corrected chi connectivity index (χ0v) is 14.5. The highest BCUT2D eigenvalue weighted by atomic mass is 16.5. The summed E-state index contributed by atoms with van der Waals surface area (Å²) in [5, 5.41) is 11.9. The third-order valence-corrected chi connectivity index (χ3v) is 4.65. The number of para-hydroxylation sites is 1. The van der Waals surface area contributed by atoms with Crippen LogP contribution in [0, 0.1) is 11.3 Å². The number of nitrogens with one attached hydrogen (secondary N) is 2. The Bertz CT molecular complexity index is 873. The smallest absolute Gasteiger partial charge is 0.365 e. The number of rotatable bonds is 4. The Balaban J connectivity index is 1.77. The lowest BCUT2D eigenvalue weighted by Gasteiger charge is -2.31. The number of hydrogen-bond acceptors (Lipinski definition) is 4. The number of anilines is 1. The van der Waals surface area contributed by atoms with Crippen molar-refractivity contribution in [1.82, 2.24) is 0 Å². The molecule has 2 N–H and O–H groups in total. The van der Waals surface area contributed by atoms with E-state index in [2.05, 4.69) is 11.4 Å². The number of esters is 1. The Kier molecular flexibility index (Phi) is 5.30. The van der Waals surface area contributed by atoms with Gasteiger partial charge < -0.3 is 15.0 Å². The van der Waals surface area contributed by atoms with Crippen LogP contribution in [-0.2, 0) is 27.3 Å². The molecule has 0 aliphatic carbocycles. The molecule has 2 aromatic rings. The molecule has 6 nitrogen and oxygen atoms in total. The van der Waals surface area contributed by atoms with Gasteiger partial charge in [-0.15, -0.1) is 0 Å². The predicted molar refractivity (Wildman–Crippen MR) is 95.3 cm³/mol. The molecule has 0 saturated heterocycles. The van der Waals surface area contributed by atoms with Gasteiger partial charge in [0.05, 0.1) is 18.4 Å². The number of ether oxygens (including phenoxy) is 1. The van der Waals surface area contributed by atoms with Crippen LogP contribution in [-0.4, -0.2) is 31.6 Å². The highest BCUT2D eigenvalue weighted by Crippen LogP contribution is 2.15. The summed E-state index contributed by atoms with van der Waals surface area (Å²) >= 11 is 0. The van der Waals surface area contributed by atoms with E-state index < -0.39 is 6.04 Å². The van der Waals surface area contributed by atoms with E-state index in [0.29, 0.717) is 24.2 Å². The van der Waals surface area contributed by atoms with Crippen LogP contribution in [0.15, 0.2) is 48.5 Å². The zero-order chi connectivity index (χ0) is 18.5. The van der Waals surface area contributed by atoms with Crippen LogP contribution in [0.5, 0.6) is 0 Å². The SMILES string of the molecule is COC(=O)[C@@H]1Cc2ccccc2C[NH+]1CC(=O)Nc1ccccc1C#N. The molecule has 1 aliphatic heterocycles. The number of benzene rings is 2. The van der Waals surface area contributed by atoms with Crippen LogP contribution in [0.25, 0.3) is 0 Å². The van der Waals surface area contributed by atoms with Crippen molar-refractivity contribution in [2.75, 3.05) is 19.0 Å². The average Bonchev–Trinajstić information content (AvgIpc) is 2.67. The summed E-state index contributed by atoms with van der Waals surface area (Å²) in [5.41, 5.74) is 3.13. The highest BCUT2D eigenvalue weighted by Gasteiger charge is 2.37. The van der Waals surface area contributed by atoms with Crippen molar-refractivity contribution in [2.24, 2.45) is 0 Å². The van der Waals surface area contributed by atoms with E-state index in [-0.39, 0.29) is 18.4 Å². The molecule has 26 heavy (non-hydrogen) atoms. The second-order valence-electron chi connectivity index (χ2n) is 6.27. The van der Waals surface area contributed by atoms with Gasteiger partial charge in [0.25, 0.3) is 5.91 Å². The molecule has 1 aliphatic rings. The van der Waals surface area contributed by atoms with Gasteiger partial charge in [0, 0.05) is 12.0 Å². The van der Waals surface area contributed by atoms with E-state index >= 15 is 0 Å². The quantitative estimate of drug-likeness (QED) is 0.795. The molecule has 6 heteroatoms. The number of quaternary nitrogens is 1. The summed E-state index contributed by atoms with van der Waals surface area (Å²) in [6.07, 6.45) is 0.542. The minimum atomic E-state index is -0.424. The number of amides is 1. The highest BCUT2D eigenvalue weighted by molar-refractivity contribution is 5.93. The topological polar surface area (TPSA) is 83.6 Å². The van der Waals surface area contributed by atoms with E-state index in [4.69, 9.17) is 10.00 Å². The van der Waals surface area contributed by atoms with Crippen LogP contribution in [0.2, 0.25) is 0 Å². The largest absolute Gasteiger partial charge is 0.465 e. The van der Waals surface area contributed by atoms with Crippen LogP contribution in [0.4, 0.5) is 5.69 Å². The fraction of sp³-hybridized carbons (Fsp3) is 0.250. The molecule has 1 heterocycles. The predicted octanol–water partition coefficient (Wildman–Crippen LogP) is 0.680. The fourth-order valence-corrected chi connectivity index (χ4v) is 3.33. The third-order valence-electron chi connectivity index (χ3n) is 4.65. The number of methoxy groups -OCH3 is 1. The third kappa shape index (κ3) is 3.73. The molecule has 1 unspecified atom stereocenters. The van der Waals surface area contributed by atoms with E-state index in [1.807, 2.05) is 24.3 Å². The molecule has 0 fully saturated rings. The number of fused-ring (bicyclic) bond motifs is 1. The van der Waals surface area contributed by atoms with Crippen molar-refractivity contribution in [3.63, 3.8) is 0 Å².